The molecule has 1 aliphatic rings. The van der Waals surface area contributed by atoms with E-state index < -0.39 is 0 Å². The number of rotatable bonds is 5. The van der Waals surface area contributed by atoms with E-state index in [1.165, 1.54) is 30.4 Å². The van der Waals surface area contributed by atoms with Gasteiger partial charge >= 0.3 is 0 Å². The van der Waals surface area contributed by atoms with Crippen molar-refractivity contribution in [1.29, 1.82) is 0 Å². The van der Waals surface area contributed by atoms with Crippen molar-refractivity contribution < 1.29 is 9.47 Å². The molecule has 0 saturated heterocycles. The van der Waals surface area contributed by atoms with Gasteiger partial charge in [0, 0.05) is 7.11 Å². The highest BCUT2D eigenvalue weighted by Gasteiger charge is 2.41. The first kappa shape index (κ1) is 15.3. The van der Waals surface area contributed by atoms with Gasteiger partial charge in [0.15, 0.2) is 0 Å². The molecule has 0 spiro atoms. The number of nitrogens with two attached hydrogens (primary N) is 1. The minimum Gasteiger partial charge on any atom is -0.497 e. The lowest BCUT2D eigenvalue weighted by atomic mass is 9.76. The summed E-state index contributed by atoms with van der Waals surface area (Å²) in [5.74, 6) is 6.75. The zero-order valence-corrected chi connectivity index (χ0v) is 12.7. The summed E-state index contributed by atoms with van der Waals surface area (Å²) in [7, 11) is 3.49. The Balaban J connectivity index is 2.35. The number of ether oxygens (including phenoxy) is 2. The van der Waals surface area contributed by atoms with Crippen LogP contribution in [0, 0.1) is 6.92 Å². The largest absolute Gasteiger partial charge is 0.497 e. The molecule has 1 saturated carbocycles. The summed E-state index contributed by atoms with van der Waals surface area (Å²) in [6, 6.07) is 6.14. The molecule has 1 aromatic rings. The monoisotopic (exact) mass is 278 g/mol. The Morgan fingerprint density at radius 3 is 2.40 bits per heavy atom. The molecule has 1 unspecified atom stereocenters. The summed E-state index contributed by atoms with van der Waals surface area (Å²) in [4.78, 5) is 0. The van der Waals surface area contributed by atoms with Crippen LogP contribution in [0.4, 0.5) is 0 Å². The van der Waals surface area contributed by atoms with Crippen LogP contribution < -0.4 is 16.0 Å². The van der Waals surface area contributed by atoms with Crippen LogP contribution in [-0.4, -0.2) is 19.8 Å². The molecule has 3 N–H and O–H groups in total. The number of benzene rings is 1. The fourth-order valence-electron chi connectivity index (χ4n) is 3.38. The first-order chi connectivity index (χ1) is 9.66. The molecular formula is C16H26N2O2. The van der Waals surface area contributed by atoms with Gasteiger partial charge in [0.1, 0.15) is 5.75 Å². The van der Waals surface area contributed by atoms with Crippen LogP contribution in [0.15, 0.2) is 18.2 Å². The second-order valence-electron chi connectivity index (χ2n) is 5.65. The molecule has 0 bridgehead atoms. The smallest absolute Gasteiger partial charge is 0.119 e. The summed E-state index contributed by atoms with van der Waals surface area (Å²) >= 11 is 0. The highest BCUT2D eigenvalue weighted by atomic mass is 16.5. The third-order valence-electron chi connectivity index (χ3n) is 4.59. The average Bonchev–Trinajstić information content (AvgIpc) is 2.50. The van der Waals surface area contributed by atoms with Gasteiger partial charge in [-0.2, -0.15) is 0 Å². The summed E-state index contributed by atoms with van der Waals surface area (Å²) in [6.45, 7) is 2.09. The minimum absolute atomic E-state index is 0.0127. The van der Waals surface area contributed by atoms with E-state index in [-0.39, 0.29) is 11.6 Å². The van der Waals surface area contributed by atoms with Crippen LogP contribution in [0.3, 0.4) is 0 Å². The molecule has 0 amide bonds. The number of hydrogen-bond acceptors (Lipinski definition) is 4. The Hall–Kier alpha value is -1.10. The highest BCUT2D eigenvalue weighted by Crippen LogP contribution is 2.41. The average molecular weight is 278 g/mol. The van der Waals surface area contributed by atoms with Gasteiger partial charge in [-0.25, -0.2) is 0 Å². The standard InChI is InChI=1S/C16H26N2O2/c1-12-11-13(19-2)7-8-14(12)15(18-17)16(20-3)9-5-4-6-10-16/h7-8,11,15,18H,4-6,9-10,17H2,1-3H3. The molecule has 0 aliphatic heterocycles. The van der Waals surface area contributed by atoms with E-state index in [0.717, 1.165) is 18.6 Å². The van der Waals surface area contributed by atoms with Crippen molar-refractivity contribution >= 4 is 0 Å². The van der Waals surface area contributed by atoms with E-state index in [9.17, 15) is 0 Å². The molecule has 0 heterocycles. The summed E-state index contributed by atoms with van der Waals surface area (Å²) in [5.41, 5.74) is 5.16. The molecule has 20 heavy (non-hydrogen) atoms. The topological polar surface area (TPSA) is 56.5 Å². The molecule has 4 nitrogen and oxygen atoms in total. The van der Waals surface area contributed by atoms with Crippen LogP contribution in [0.1, 0.15) is 49.3 Å². The zero-order chi connectivity index (χ0) is 14.6. The first-order valence-electron chi connectivity index (χ1n) is 7.32. The predicted molar refractivity (Wildman–Crippen MR) is 80.6 cm³/mol. The van der Waals surface area contributed by atoms with Crippen molar-refractivity contribution in [2.75, 3.05) is 14.2 Å². The third-order valence-corrected chi connectivity index (χ3v) is 4.59. The molecule has 1 fully saturated rings. The number of hydrogen-bond donors (Lipinski definition) is 2. The van der Waals surface area contributed by atoms with E-state index in [1.807, 2.05) is 12.1 Å². The van der Waals surface area contributed by atoms with Gasteiger partial charge < -0.3 is 9.47 Å². The van der Waals surface area contributed by atoms with Gasteiger partial charge in [-0.1, -0.05) is 25.3 Å². The normalized spacial score (nSPS) is 19.6. The maximum atomic E-state index is 5.92. The molecule has 1 aliphatic carbocycles. The van der Waals surface area contributed by atoms with E-state index in [2.05, 4.69) is 18.4 Å². The van der Waals surface area contributed by atoms with Gasteiger partial charge in [0.2, 0.25) is 0 Å². The fraction of sp³-hybridized carbons (Fsp3) is 0.625. The number of aryl methyl sites for hydroxylation is 1. The molecule has 2 rings (SSSR count). The molecule has 1 aromatic carbocycles. The van der Waals surface area contributed by atoms with Crippen LogP contribution in [0.5, 0.6) is 5.75 Å². The second kappa shape index (κ2) is 6.57. The van der Waals surface area contributed by atoms with Gasteiger partial charge in [-0.3, -0.25) is 11.3 Å². The van der Waals surface area contributed by atoms with E-state index in [4.69, 9.17) is 15.3 Å². The van der Waals surface area contributed by atoms with Gasteiger partial charge in [-0.05, 0) is 43.0 Å². The van der Waals surface area contributed by atoms with Crippen molar-refractivity contribution in [3.8, 4) is 5.75 Å². The van der Waals surface area contributed by atoms with Crippen LogP contribution in [-0.2, 0) is 4.74 Å². The van der Waals surface area contributed by atoms with E-state index in [0.29, 0.717) is 0 Å². The van der Waals surface area contributed by atoms with Crippen molar-refractivity contribution in [1.82, 2.24) is 5.43 Å². The van der Waals surface area contributed by atoms with Crippen molar-refractivity contribution in [3.05, 3.63) is 29.3 Å². The second-order valence-corrected chi connectivity index (χ2v) is 5.65. The summed E-state index contributed by atoms with van der Waals surface area (Å²) < 4.78 is 11.2. The molecule has 0 radical (unpaired) electrons. The SMILES string of the molecule is COc1ccc(C(NN)C2(OC)CCCCC2)c(C)c1. The lowest BCUT2D eigenvalue weighted by molar-refractivity contribution is -0.0690. The van der Waals surface area contributed by atoms with Gasteiger partial charge in [-0.15, -0.1) is 0 Å². The van der Waals surface area contributed by atoms with E-state index >= 15 is 0 Å². The fourth-order valence-corrected chi connectivity index (χ4v) is 3.38. The predicted octanol–water partition coefficient (Wildman–Crippen LogP) is 2.86. The Bertz CT molecular complexity index is 442. The number of methoxy groups -OCH3 is 2. The summed E-state index contributed by atoms with van der Waals surface area (Å²) in [5, 5.41) is 0. The molecule has 0 aromatic heterocycles. The Kier molecular flexibility index (Phi) is 5.02. The number of hydrazine groups is 1. The Morgan fingerprint density at radius 2 is 1.90 bits per heavy atom. The maximum Gasteiger partial charge on any atom is 0.119 e. The van der Waals surface area contributed by atoms with Crippen LogP contribution in [0.2, 0.25) is 0 Å². The molecule has 4 heteroatoms. The van der Waals surface area contributed by atoms with Crippen molar-refractivity contribution in [2.45, 2.75) is 50.7 Å². The third kappa shape index (κ3) is 2.82. The molecule has 1 atom stereocenters. The minimum atomic E-state index is -0.202. The highest BCUT2D eigenvalue weighted by molar-refractivity contribution is 5.38. The lowest BCUT2D eigenvalue weighted by Crippen LogP contribution is -2.49. The zero-order valence-electron chi connectivity index (χ0n) is 12.7. The Morgan fingerprint density at radius 1 is 1.20 bits per heavy atom. The quantitative estimate of drug-likeness (QED) is 0.642. The van der Waals surface area contributed by atoms with E-state index in [1.54, 1.807) is 14.2 Å². The van der Waals surface area contributed by atoms with Crippen LogP contribution in [0.25, 0.3) is 0 Å². The number of nitrogens with one attached hydrogen (secondary N) is 1. The maximum absolute atomic E-state index is 5.92. The van der Waals surface area contributed by atoms with Crippen LogP contribution >= 0.6 is 0 Å². The molecule has 112 valence electrons. The first-order valence-corrected chi connectivity index (χ1v) is 7.32. The summed E-state index contributed by atoms with van der Waals surface area (Å²) in [6.07, 6.45) is 5.76. The Labute approximate surface area is 121 Å². The van der Waals surface area contributed by atoms with Gasteiger partial charge in [0.05, 0.1) is 18.8 Å². The van der Waals surface area contributed by atoms with Gasteiger partial charge in [0.25, 0.3) is 0 Å². The van der Waals surface area contributed by atoms with Crippen molar-refractivity contribution in [3.63, 3.8) is 0 Å². The van der Waals surface area contributed by atoms with Crippen molar-refractivity contribution in [2.24, 2.45) is 5.84 Å². The molecular weight excluding hydrogens is 252 g/mol. The lowest BCUT2D eigenvalue weighted by Gasteiger charge is -2.42.